The van der Waals surface area contributed by atoms with Crippen molar-refractivity contribution in [3.63, 3.8) is 0 Å². The highest BCUT2D eigenvalue weighted by atomic mass is 16.5. The van der Waals surface area contributed by atoms with Crippen LogP contribution >= 0.6 is 0 Å². The third-order valence-electron chi connectivity index (χ3n) is 5.28. The van der Waals surface area contributed by atoms with E-state index in [-0.39, 0.29) is 11.3 Å². The number of allylic oxidation sites excluding steroid dienone is 1. The van der Waals surface area contributed by atoms with E-state index in [9.17, 15) is 9.59 Å². The lowest BCUT2D eigenvalue weighted by molar-refractivity contribution is -0.130. The van der Waals surface area contributed by atoms with Crippen LogP contribution < -0.4 is 4.74 Å². The molecule has 3 heteroatoms. The molecule has 2 fully saturated rings. The lowest BCUT2D eigenvalue weighted by Crippen LogP contribution is -2.19. The Kier molecular flexibility index (Phi) is 3.75. The Balaban J connectivity index is 1.80. The highest BCUT2D eigenvalue weighted by Gasteiger charge is 2.55. The Hall–Kier alpha value is -2.16. The number of Topliss-reactive ketones (excluding diaryl/α,β-unsaturated/α-hetero) is 1. The van der Waals surface area contributed by atoms with Gasteiger partial charge in [-0.05, 0) is 60.4 Å². The van der Waals surface area contributed by atoms with E-state index in [4.69, 9.17) is 4.74 Å². The smallest absolute Gasteiger partial charge is 0.338 e. The Morgan fingerprint density at radius 1 is 1.22 bits per heavy atom. The molecule has 0 amide bonds. The van der Waals surface area contributed by atoms with Gasteiger partial charge in [-0.1, -0.05) is 32.6 Å². The monoisotopic (exact) mass is 310 g/mol. The zero-order valence-electron chi connectivity index (χ0n) is 13.9. The summed E-state index contributed by atoms with van der Waals surface area (Å²) in [7, 11) is 0. The molecule has 2 aliphatic carbocycles. The van der Waals surface area contributed by atoms with E-state index < -0.39 is 5.97 Å². The van der Waals surface area contributed by atoms with Crippen LogP contribution in [0.15, 0.2) is 42.0 Å². The van der Waals surface area contributed by atoms with Crippen LogP contribution in [0.25, 0.3) is 6.08 Å². The number of rotatable bonds is 3. The summed E-state index contributed by atoms with van der Waals surface area (Å²) in [5, 5.41) is 0. The van der Waals surface area contributed by atoms with Gasteiger partial charge in [-0.3, -0.25) is 4.79 Å². The standard InChI is InChI=1S/C20H22O3/c1-12(2)19(22)23-14-7-5-13(6-8-14)11-15-16-9-10-17(18(15)21)20(16,3)4/h5-8,11,16-17H,1,9-10H2,2-4H3/b15-11+. The highest BCUT2D eigenvalue weighted by Crippen LogP contribution is 2.58. The molecule has 0 radical (unpaired) electrons. The average Bonchev–Trinajstić information content (AvgIpc) is 2.88. The molecule has 2 aliphatic rings. The van der Waals surface area contributed by atoms with Crippen molar-refractivity contribution in [2.24, 2.45) is 17.3 Å². The predicted octanol–water partition coefficient (Wildman–Crippen LogP) is 4.19. The summed E-state index contributed by atoms with van der Waals surface area (Å²) in [6.07, 6.45) is 4.12. The number of carbonyl (C=O) groups excluding carboxylic acids is 2. The second-order valence-corrected chi connectivity index (χ2v) is 7.21. The minimum atomic E-state index is -0.430. The van der Waals surface area contributed by atoms with Gasteiger partial charge < -0.3 is 4.74 Å². The molecule has 1 aromatic carbocycles. The molecule has 1 aromatic rings. The van der Waals surface area contributed by atoms with E-state index in [1.54, 1.807) is 19.1 Å². The maximum Gasteiger partial charge on any atom is 0.338 e. The van der Waals surface area contributed by atoms with Gasteiger partial charge in [0.05, 0.1) is 0 Å². The molecule has 3 nitrogen and oxygen atoms in total. The van der Waals surface area contributed by atoms with Crippen LogP contribution in [0.2, 0.25) is 0 Å². The quantitative estimate of drug-likeness (QED) is 0.478. The van der Waals surface area contributed by atoms with E-state index in [1.165, 1.54) is 0 Å². The molecule has 23 heavy (non-hydrogen) atoms. The highest BCUT2D eigenvalue weighted by molar-refractivity contribution is 6.05. The first-order valence-electron chi connectivity index (χ1n) is 8.04. The van der Waals surface area contributed by atoms with Crippen molar-refractivity contribution in [2.75, 3.05) is 0 Å². The van der Waals surface area contributed by atoms with E-state index >= 15 is 0 Å². The Morgan fingerprint density at radius 3 is 2.35 bits per heavy atom. The molecule has 0 heterocycles. The largest absolute Gasteiger partial charge is 0.423 e. The van der Waals surface area contributed by atoms with Crippen LogP contribution in [0.4, 0.5) is 0 Å². The Labute approximate surface area is 137 Å². The van der Waals surface area contributed by atoms with Gasteiger partial charge in [-0.25, -0.2) is 4.79 Å². The van der Waals surface area contributed by atoms with E-state index in [1.807, 2.05) is 18.2 Å². The van der Waals surface area contributed by atoms with Gasteiger partial charge in [0.2, 0.25) is 0 Å². The molecule has 2 saturated carbocycles. The summed E-state index contributed by atoms with van der Waals surface area (Å²) in [4.78, 5) is 24.0. The fourth-order valence-corrected chi connectivity index (χ4v) is 3.90. The van der Waals surface area contributed by atoms with Crippen LogP contribution in [0.5, 0.6) is 5.75 Å². The summed E-state index contributed by atoms with van der Waals surface area (Å²) in [6, 6.07) is 7.24. The fourth-order valence-electron chi connectivity index (χ4n) is 3.90. The molecule has 120 valence electrons. The average molecular weight is 310 g/mol. The molecule has 2 bridgehead atoms. The third-order valence-corrected chi connectivity index (χ3v) is 5.28. The first kappa shape index (κ1) is 15.7. The first-order chi connectivity index (χ1) is 10.8. The van der Waals surface area contributed by atoms with Gasteiger partial charge >= 0.3 is 5.97 Å². The molecular formula is C20H22O3. The summed E-state index contributed by atoms with van der Waals surface area (Å²) >= 11 is 0. The number of ketones is 1. The SMILES string of the molecule is C=C(C)C(=O)Oc1ccc(/C=C2/C(=O)C3CCC2C3(C)C)cc1. The topological polar surface area (TPSA) is 43.4 Å². The number of hydrogen-bond donors (Lipinski definition) is 0. The van der Waals surface area contributed by atoms with Crippen LogP contribution in [0.1, 0.15) is 39.2 Å². The molecule has 0 N–H and O–H groups in total. The van der Waals surface area contributed by atoms with E-state index in [2.05, 4.69) is 20.4 Å². The Morgan fingerprint density at radius 2 is 1.83 bits per heavy atom. The molecule has 3 rings (SSSR count). The maximum absolute atomic E-state index is 12.5. The van der Waals surface area contributed by atoms with Gasteiger partial charge in [0, 0.05) is 11.5 Å². The molecular weight excluding hydrogens is 288 g/mol. The van der Waals surface area contributed by atoms with Crippen molar-refractivity contribution in [1.82, 2.24) is 0 Å². The van der Waals surface area contributed by atoms with Crippen LogP contribution in [0.3, 0.4) is 0 Å². The number of fused-ring (bicyclic) bond motifs is 2. The van der Waals surface area contributed by atoms with Crippen LogP contribution in [0, 0.1) is 17.3 Å². The number of benzene rings is 1. The fraction of sp³-hybridized carbons (Fsp3) is 0.400. The van der Waals surface area contributed by atoms with Gasteiger partial charge in [-0.15, -0.1) is 0 Å². The number of ether oxygens (including phenoxy) is 1. The predicted molar refractivity (Wildman–Crippen MR) is 89.9 cm³/mol. The third kappa shape index (κ3) is 2.65. The van der Waals surface area contributed by atoms with Gasteiger partial charge in [-0.2, -0.15) is 0 Å². The molecule has 2 atom stereocenters. The van der Waals surface area contributed by atoms with Crippen molar-refractivity contribution >= 4 is 17.8 Å². The second kappa shape index (κ2) is 5.48. The Bertz CT molecular complexity index is 707. The molecule has 0 saturated heterocycles. The lowest BCUT2D eigenvalue weighted by Gasteiger charge is -2.22. The zero-order chi connectivity index (χ0) is 16.8. The van der Waals surface area contributed by atoms with Crippen molar-refractivity contribution in [3.05, 3.63) is 47.6 Å². The molecule has 0 aliphatic heterocycles. The van der Waals surface area contributed by atoms with Crippen molar-refractivity contribution < 1.29 is 14.3 Å². The van der Waals surface area contributed by atoms with Gasteiger partial charge in [0.1, 0.15) is 5.75 Å². The van der Waals surface area contributed by atoms with Crippen molar-refractivity contribution in [1.29, 1.82) is 0 Å². The molecule has 0 aromatic heterocycles. The lowest BCUT2D eigenvalue weighted by atomic mass is 9.81. The van der Waals surface area contributed by atoms with Crippen LogP contribution in [-0.2, 0) is 9.59 Å². The van der Waals surface area contributed by atoms with Crippen molar-refractivity contribution in [2.45, 2.75) is 33.6 Å². The number of hydrogen-bond acceptors (Lipinski definition) is 3. The summed E-state index contributed by atoms with van der Waals surface area (Å²) in [6.45, 7) is 9.58. The van der Waals surface area contributed by atoms with Crippen LogP contribution in [-0.4, -0.2) is 11.8 Å². The van der Waals surface area contributed by atoms with Crippen molar-refractivity contribution in [3.8, 4) is 5.75 Å². The van der Waals surface area contributed by atoms with Gasteiger partial charge in [0.25, 0.3) is 0 Å². The second-order valence-electron chi connectivity index (χ2n) is 7.21. The minimum absolute atomic E-state index is 0.0832. The zero-order valence-corrected chi connectivity index (χ0v) is 13.9. The molecule has 0 spiro atoms. The first-order valence-corrected chi connectivity index (χ1v) is 8.04. The summed E-state index contributed by atoms with van der Waals surface area (Å²) in [5.74, 6) is 0.903. The number of esters is 1. The van der Waals surface area contributed by atoms with Gasteiger partial charge in [0.15, 0.2) is 5.78 Å². The summed E-state index contributed by atoms with van der Waals surface area (Å²) < 4.78 is 5.18. The maximum atomic E-state index is 12.5. The molecule has 2 unspecified atom stereocenters. The minimum Gasteiger partial charge on any atom is -0.423 e. The normalized spacial score (nSPS) is 26.6. The number of carbonyl (C=O) groups is 2. The summed E-state index contributed by atoms with van der Waals surface area (Å²) in [5.41, 5.74) is 2.37. The van der Waals surface area contributed by atoms with E-state index in [0.717, 1.165) is 24.0 Å². The van der Waals surface area contributed by atoms with E-state index in [0.29, 0.717) is 23.0 Å².